The zero-order chi connectivity index (χ0) is 26.4. The van der Waals surface area contributed by atoms with Gasteiger partial charge in [-0.1, -0.05) is 66.7 Å². The maximum absolute atomic E-state index is 12.9. The molecule has 188 valence electrons. The van der Waals surface area contributed by atoms with Crippen molar-refractivity contribution in [3.63, 3.8) is 0 Å². The van der Waals surface area contributed by atoms with Crippen LogP contribution in [0.3, 0.4) is 0 Å². The Hall–Kier alpha value is -5.08. The van der Waals surface area contributed by atoms with Crippen molar-refractivity contribution in [3.05, 3.63) is 137 Å². The number of hydrogen-bond donors (Lipinski definition) is 0. The van der Waals surface area contributed by atoms with Crippen LogP contribution in [0, 0.1) is 0 Å². The van der Waals surface area contributed by atoms with E-state index < -0.39 is 0 Å². The monoisotopic (exact) mass is 527 g/mol. The summed E-state index contributed by atoms with van der Waals surface area (Å²) in [5, 5.41) is 10.5. The molecule has 6 rings (SSSR count). The van der Waals surface area contributed by atoms with Crippen LogP contribution in [-0.2, 0) is 0 Å². The zero-order valence-electron chi connectivity index (χ0n) is 20.6. The van der Waals surface area contributed by atoms with Crippen molar-refractivity contribution >= 4 is 62.1 Å². The molecule has 0 aliphatic carbocycles. The number of hydrogen-bond acceptors (Lipinski definition) is 7. The van der Waals surface area contributed by atoms with Crippen LogP contribution >= 0.6 is 11.8 Å². The van der Waals surface area contributed by atoms with Crippen molar-refractivity contribution in [2.75, 3.05) is 4.90 Å². The molecule has 0 N–H and O–H groups in total. The van der Waals surface area contributed by atoms with Gasteiger partial charge in [-0.25, -0.2) is 9.98 Å². The lowest BCUT2D eigenvalue weighted by Crippen LogP contribution is -2.30. The molecule has 1 aliphatic heterocycles. The predicted molar refractivity (Wildman–Crippen MR) is 161 cm³/mol. The van der Waals surface area contributed by atoms with E-state index in [1.54, 1.807) is 18.2 Å². The van der Waals surface area contributed by atoms with E-state index in [1.165, 1.54) is 24.2 Å². The number of para-hydroxylation sites is 4. The standard InChI is InChI=1S/C31H21N5O2S/c37-28-22(21-38-27-19-11-10-18-26(27)28)20-32-35-31-36(25-16-8-3-9-17-25)29(33-23-12-4-1-5-13-23)30(39-31)34-24-14-6-2-7-15-24/h1-21H/b32-20-,33-29?,34-30?,35-31+. The van der Waals surface area contributed by atoms with Gasteiger partial charge in [-0.05, 0) is 60.3 Å². The first-order chi connectivity index (χ1) is 19.3. The summed E-state index contributed by atoms with van der Waals surface area (Å²) in [6, 6.07) is 36.3. The summed E-state index contributed by atoms with van der Waals surface area (Å²) in [4.78, 5) is 24.7. The molecule has 0 saturated carbocycles. The molecule has 4 aromatic carbocycles. The molecule has 5 aromatic rings. The van der Waals surface area contributed by atoms with E-state index >= 15 is 0 Å². The van der Waals surface area contributed by atoms with Gasteiger partial charge in [0.1, 0.15) is 16.9 Å². The third-order valence-corrected chi connectivity index (χ3v) is 6.74. The van der Waals surface area contributed by atoms with Crippen LogP contribution < -0.4 is 10.3 Å². The Morgan fingerprint density at radius 3 is 2.05 bits per heavy atom. The van der Waals surface area contributed by atoms with Crippen molar-refractivity contribution in [2.24, 2.45) is 20.2 Å². The lowest BCUT2D eigenvalue weighted by atomic mass is 10.2. The van der Waals surface area contributed by atoms with Crippen LogP contribution in [0.1, 0.15) is 5.56 Å². The Kier molecular flexibility index (Phi) is 6.92. The van der Waals surface area contributed by atoms with Crippen molar-refractivity contribution in [2.45, 2.75) is 0 Å². The Bertz CT molecular complexity index is 1800. The lowest BCUT2D eigenvalue weighted by molar-refractivity contribution is 0.601. The molecule has 0 radical (unpaired) electrons. The van der Waals surface area contributed by atoms with Crippen molar-refractivity contribution in [3.8, 4) is 0 Å². The molecule has 0 unspecified atom stereocenters. The van der Waals surface area contributed by atoms with Crippen molar-refractivity contribution < 1.29 is 4.42 Å². The third-order valence-electron chi connectivity index (χ3n) is 5.82. The number of anilines is 1. The molecule has 0 atom stereocenters. The van der Waals surface area contributed by atoms with Gasteiger partial charge in [0, 0.05) is 5.69 Å². The Morgan fingerprint density at radius 2 is 1.33 bits per heavy atom. The second-order valence-electron chi connectivity index (χ2n) is 8.44. The number of thioether (sulfide) groups is 1. The van der Waals surface area contributed by atoms with Gasteiger partial charge in [0.25, 0.3) is 0 Å². The van der Waals surface area contributed by atoms with E-state index in [2.05, 4.69) is 10.2 Å². The van der Waals surface area contributed by atoms with E-state index in [0.717, 1.165) is 17.1 Å². The molecule has 0 amide bonds. The Labute approximate surface area is 228 Å². The average Bonchev–Trinajstić information content (AvgIpc) is 3.32. The summed E-state index contributed by atoms with van der Waals surface area (Å²) in [5.41, 5.74) is 3.11. The number of aliphatic imine (C=N–C) groups is 2. The molecule has 2 heterocycles. The summed E-state index contributed by atoms with van der Waals surface area (Å²) in [5.74, 6) is 0.625. The highest BCUT2D eigenvalue weighted by Crippen LogP contribution is 2.33. The number of rotatable bonds is 5. The molecule has 0 spiro atoms. The maximum Gasteiger partial charge on any atom is 0.202 e. The first-order valence-electron chi connectivity index (χ1n) is 12.2. The van der Waals surface area contributed by atoms with E-state index in [9.17, 15) is 4.79 Å². The minimum absolute atomic E-state index is 0.169. The number of fused-ring (bicyclic) bond motifs is 1. The number of nitrogens with zero attached hydrogens (tertiary/aromatic N) is 5. The molecule has 1 fully saturated rings. The molecule has 1 aromatic heterocycles. The highest BCUT2D eigenvalue weighted by molar-refractivity contribution is 8.29. The van der Waals surface area contributed by atoms with E-state index in [0.29, 0.717) is 32.6 Å². The summed E-state index contributed by atoms with van der Waals surface area (Å²) < 4.78 is 5.61. The van der Waals surface area contributed by atoms with Gasteiger partial charge in [-0.3, -0.25) is 9.69 Å². The first-order valence-corrected chi connectivity index (χ1v) is 13.0. The van der Waals surface area contributed by atoms with Gasteiger partial charge in [0.05, 0.1) is 28.5 Å². The lowest BCUT2D eigenvalue weighted by Gasteiger charge is -2.17. The fourth-order valence-electron chi connectivity index (χ4n) is 3.98. The van der Waals surface area contributed by atoms with Crippen LogP contribution in [0.25, 0.3) is 11.0 Å². The normalized spacial score (nSPS) is 16.7. The quantitative estimate of drug-likeness (QED) is 0.179. The molecule has 8 heteroatoms. The number of amidine groups is 2. The van der Waals surface area contributed by atoms with Crippen molar-refractivity contribution in [1.29, 1.82) is 0 Å². The topological polar surface area (TPSA) is 82.9 Å². The molecular weight excluding hydrogens is 506 g/mol. The zero-order valence-corrected chi connectivity index (χ0v) is 21.4. The second-order valence-corrected chi connectivity index (χ2v) is 9.40. The van der Waals surface area contributed by atoms with Crippen LogP contribution in [-0.4, -0.2) is 22.3 Å². The minimum atomic E-state index is -0.169. The fourth-order valence-corrected chi connectivity index (χ4v) is 4.90. The van der Waals surface area contributed by atoms with Gasteiger partial charge in [-0.15, -0.1) is 5.10 Å². The van der Waals surface area contributed by atoms with Crippen LogP contribution in [0.5, 0.6) is 0 Å². The molecular formula is C31H21N5O2S. The highest BCUT2D eigenvalue weighted by Gasteiger charge is 2.34. The van der Waals surface area contributed by atoms with Gasteiger partial charge in [0.2, 0.25) is 10.6 Å². The van der Waals surface area contributed by atoms with Crippen molar-refractivity contribution in [1.82, 2.24) is 0 Å². The maximum atomic E-state index is 12.9. The molecule has 1 aliphatic rings. The predicted octanol–water partition coefficient (Wildman–Crippen LogP) is 7.20. The highest BCUT2D eigenvalue weighted by atomic mass is 32.2. The van der Waals surface area contributed by atoms with Crippen LogP contribution in [0.4, 0.5) is 17.1 Å². The van der Waals surface area contributed by atoms with Crippen LogP contribution in [0.15, 0.2) is 151 Å². The van der Waals surface area contributed by atoms with Crippen LogP contribution in [0.2, 0.25) is 0 Å². The summed E-state index contributed by atoms with van der Waals surface area (Å²) in [7, 11) is 0. The second kappa shape index (κ2) is 11.1. The SMILES string of the molecule is O=c1c(/C=N\N=C2\SC(=Nc3ccccc3)C(=Nc3ccccc3)N2c2ccccc2)coc2ccccc12. The summed E-state index contributed by atoms with van der Waals surface area (Å²) >= 11 is 1.36. The average molecular weight is 528 g/mol. The van der Waals surface area contributed by atoms with Gasteiger partial charge < -0.3 is 4.42 Å². The molecule has 7 nitrogen and oxygen atoms in total. The first kappa shape index (κ1) is 24.3. The molecule has 39 heavy (non-hydrogen) atoms. The third kappa shape index (κ3) is 5.32. The largest absolute Gasteiger partial charge is 0.463 e. The Morgan fingerprint density at radius 1 is 0.718 bits per heavy atom. The smallest absolute Gasteiger partial charge is 0.202 e. The summed E-state index contributed by atoms with van der Waals surface area (Å²) in [6.45, 7) is 0. The summed E-state index contributed by atoms with van der Waals surface area (Å²) in [6.07, 6.45) is 2.81. The molecule has 0 bridgehead atoms. The van der Waals surface area contributed by atoms with Gasteiger partial charge >= 0.3 is 0 Å². The van der Waals surface area contributed by atoms with Gasteiger partial charge in [0.15, 0.2) is 5.84 Å². The Balaban J connectivity index is 1.45. The minimum Gasteiger partial charge on any atom is -0.463 e. The number of benzene rings is 4. The van der Waals surface area contributed by atoms with E-state index in [-0.39, 0.29) is 5.43 Å². The fraction of sp³-hybridized carbons (Fsp3) is 0. The van der Waals surface area contributed by atoms with E-state index in [4.69, 9.17) is 14.4 Å². The van der Waals surface area contributed by atoms with E-state index in [1.807, 2.05) is 102 Å². The van der Waals surface area contributed by atoms with Gasteiger partial charge in [-0.2, -0.15) is 5.10 Å². The molecule has 1 saturated heterocycles.